The van der Waals surface area contributed by atoms with E-state index in [1.54, 1.807) is 6.92 Å². The molecule has 0 saturated heterocycles. The molecule has 1 atom stereocenters. The lowest BCUT2D eigenvalue weighted by Gasteiger charge is -2.18. The van der Waals surface area contributed by atoms with Gasteiger partial charge in [-0.25, -0.2) is 9.59 Å². The Morgan fingerprint density at radius 2 is 1.86 bits per heavy atom. The van der Waals surface area contributed by atoms with Crippen molar-refractivity contribution in [3.63, 3.8) is 0 Å². The predicted molar refractivity (Wildman–Crippen MR) is 107 cm³/mol. The lowest BCUT2D eigenvalue weighted by Crippen LogP contribution is -2.44. The van der Waals surface area contributed by atoms with Gasteiger partial charge in [0.05, 0.1) is 11.1 Å². The molecule has 1 heterocycles. The predicted octanol–water partition coefficient (Wildman–Crippen LogP) is 3.14. The molecule has 0 aliphatic heterocycles. The summed E-state index contributed by atoms with van der Waals surface area (Å²) < 4.78 is 5.40. The van der Waals surface area contributed by atoms with Crippen molar-refractivity contribution in [3.05, 3.63) is 41.1 Å². The van der Waals surface area contributed by atoms with Crippen LogP contribution < -0.4 is 10.6 Å². The maximum atomic E-state index is 13.0. The first kappa shape index (κ1) is 21.3. The Balaban J connectivity index is 2.36. The Labute approximate surface area is 164 Å². The summed E-state index contributed by atoms with van der Waals surface area (Å²) in [7, 11) is 0. The van der Waals surface area contributed by atoms with E-state index in [2.05, 4.69) is 17.6 Å². The minimum Gasteiger partial charge on any atom is -0.449 e. The van der Waals surface area contributed by atoms with Gasteiger partial charge in [-0.1, -0.05) is 38.5 Å². The summed E-state index contributed by atoms with van der Waals surface area (Å²) in [6.07, 6.45) is 1.16. The number of para-hydroxylation sites is 1. The van der Waals surface area contributed by atoms with E-state index in [9.17, 15) is 14.4 Å². The van der Waals surface area contributed by atoms with Crippen LogP contribution in [0.5, 0.6) is 0 Å². The Bertz CT molecular complexity index is 879. The molecule has 1 aromatic heterocycles. The number of benzene rings is 1. The molecular weight excluding hydrogens is 358 g/mol. The van der Waals surface area contributed by atoms with Gasteiger partial charge in [0, 0.05) is 17.6 Å². The Morgan fingerprint density at radius 1 is 1.14 bits per heavy atom. The highest BCUT2D eigenvalue weighted by molar-refractivity contribution is 6.06. The maximum Gasteiger partial charge on any atom is 0.339 e. The highest BCUT2D eigenvalue weighted by Crippen LogP contribution is 2.26. The first-order valence-corrected chi connectivity index (χ1v) is 9.62. The number of esters is 1. The van der Waals surface area contributed by atoms with Crippen molar-refractivity contribution < 1.29 is 19.1 Å². The average molecular weight is 385 g/mol. The fourth-order valence-electron chi connectivity index (χ4n) is 3.05. The van der Waals surface area contributed by atoms with Gasteiger partial charge in [0.25, 0.3) is 5.91 Å². The number of ether oxygens (including phenoxy) is 1. The van der Waals surface area contributed by atoms with Gasteiger partial charge in [0.2, 0.25) is 0 Å². The molecular formula is C21H27N3O4. The van der Waals surface area contributed by atoms with E-state index in [4.69, 9.17) is 9.72 Å². The fraction of sp³-hybridized carbons (Fsp3) is 0.429. The molecule has 0 aliphatic rings. The second-order valence-corrected chi connectivity index (χ2v) is 6.43. The largest absolute Gasteiger partial charge is 0.449 e. The third kappa shape index (κ3) is 4.85. The highest BCUT2D eigenvalue weighted by Gasteiger charge is 2.25. The monoisotopic (exact) mass is 385 g/mol. The van der Waals surface area contributed by atoms with Crippen LogP contribution in [0.3, 0.4) is 0 Å². The average Bonchev–Trinajstić information content (AvgIpc) is 2.67. The third-order valence-corrected chi connectivity index (χ3v) is 4.35. The first-order chi connectivity index (χ1) is 13.4. The number of nitrogens with zero attached hydrogens (tertiary/aromatic N) is 1. The second kappa shape index (κ2) is 9.82. The van der Waals surface area contributed by atoms with Crippen LogP contribution in [0.4, 0.5) is 4.79 Å². The molecule has 0 aliphatic carbocycles. The van der Waals surface area contributed by atoms with Crippen LogP contribution >= 0.6 is 0 Å². The van der Waals surface area contributed by atoms with Gasteiger partial charge in [0.15, 0.2) is 6.10 Å². The van der Waals surface area contributed by atoms with E-state index >= 15 is 0 Å². The van der Waals surface area contributed by atoms with Crippen molar-refractivity contribution in [1.29, 1.82) is 0 Å². The van der Waals surface area contributed by atoms with E-state index in [-0.39, 0.29) is 0 Å². The van der Waals surface area contributed by atoms with Gasteiger partial charge < -0.3 is 10.1 Å². The Morgan fingerprint density at radius 3 is 2.50 bits per heavy atom. The molecule has 3 amide bonds. The van der Waals surface area contributed by atoms with Crippen LogP contribution in [0.25, 0.3) is 10.9 Å². The van der Waals surface area contributed by atoms with Crippen LogP contribution in [-0.2, 0) is 22.4 Å². The summed E-state index contributed by atoms with van der Waals surface area (Å²) in [5.74, 6) is -1.27. The van der Waals surface area contributed by atoms with Gasteiger partial charge >= 0.3 is 12.0 Å². The number of aryl methyl sites for hydroxylation is 1. The molecule has 150 valence electrons. The zero-order chi connectivity index (χ0) is 20.7. The zero-order valence-corrected chi connectivity index (χ0v) is 16.8. The quantitative estimate of drug-likeness (QED) is 0.714. The zero-order valence-electron chi connectivity index (χ0n) is 16.8. The standard InChI is InChI=1S/C21H27N3O4/c1-5-10-16-14(6-2)18(15-11-8-9-12-17(15)23-16)20(26)28-13(4)19(25)24-21(27)22-7-3/h8-9,11-13H,5-7,10H2,1-4H3,(H2,22,24,25,27)/t13-/m0/s1. The number of imide groups is 1. The molecule has 2 N–H and O–H groups in total. The van der Waals surface area contributed by atoms with Crippen LogP contribution in [0.1, 0.15) is 55.7 Å². The minimum absolute atomic E-state index is 0.385. The summed E-state index contributed by atoms with van der Waals surface area (Å²) >= 11 is 0. The fourth-order valence-corrected chi connectivity index (χ4v) is 3.05. The first-order valence-electron chi connectivity index (χ1n) is 9.62. The number of aromatic nitrogens is 1. The maximum absolute atomic E-state index is 13.0. The minimum atomic E-state index is -1.11. The van der Waals surface area contributed by atoms with Crippen LogP contribution in [0.15, 0.2) is 24.3 Å². The molecule has 0 radical (unpaired) electrons. The number of fused-ring (bicyclic) bond motifs is 1. The number of hydrogen-bond acceptors (Lipinski definition) is 5. The number of carbonyl (C=O) groups excluding carboxylic acids is 3. The molecule has 0 saturated carbocycles. The summed E-state index contributed by atoms with van der Waals surface area (Å²) in [5.41, 5.74) is 2.86. The smallest absolute Gasteiger partial charge is 0.339 e. The van der Waals surface area contributed by atoms with Crippen LogP contribution in [0.2, 0.25) is 0 Å². The van der Waals surface area contributed by atoms with Gasteiger partial charge in [-0.2, -0.15) is 0 Å². The van der Waals surface area contributed by atoms with Crippen molar-refractivity contribution in [3.8, 4) is 0 Å². The molecule has 2 aromatic rings. The number of hydrogen-bond donors (Lipinski definition) is 2. The summed E-state index contributed by atoms with van der Waals surface area (Å²) in [4.78, 5) is 41.3. The highest BCUT2D eigenvalue weighted by atomic mass is 16.5. The lowest BCUT2D eigenvalue weighted by molar-refractivity contribution is -0.127. The van der Waals surface area contributed by atoms with Crippen molar-refractivity contribution in [2.75, 3.05) is 6.54 Å². The number of amides is 3. The molecule has 7 heteroatoms. The second-order valence-electron chi connectivity index (χ2n) is 6.43. The molecule has 0 bridgehead atoms. The molecule has 0 fully saturated rings. The molecule has 0 spiro atoms. The lowest BCUT2D eigenvalue weighted by atomic mass is 9.96. The topological polar surface area (TPSA) is 97.4 Å². The number of urea groups is 1. The summed E-state index contributed by atoms with van der Waals surface area (Å²) in [6.45, 7) is 7.59. The number of carbonyl (C=O) groups is 3. The van der Waals surface area contributed by atoms with E-state index in [1.807, 2.05) is 31.2 Å². The SMILES string of the molecule is CCCc1nc2ccccc2c(C(=O)O[C@@H](C)C(=O)NC(=O)NCC)c1CC. The van der Waals surface area contributed by atoms with Crippen molar-refractivity contribution in [2.45, 2.75) is 53.1 Å². The summed E-state index contributed by atoms with van der Waals surface area (Å²) in [5, 5.41) is 5.31. The Kier molecular flexibility index (Phi) is 7.49. The Hall–Kier alpha value is -2.96. The van der Waals surface area contributed by atoms with Gasteiger partial charge in [-0.15, -0.1) is 0 Å². The third-order valence-electron chi connectivity index (χ3n) is 4.35. The molecule has 2 rings (SSSR count). The van der Waals surface area contributed by atoms with Gasteiger partial charge in [-0.05, 0) is 38.3 Å². The van der Waals surface area contributed by atoms with E-state index < -0.39 is 24.0 Å². The van der Waals surface area contributed by atoms with E-state index in [0.29, 0.717) is 23.9 Å². The van der Waals surface area contributed by atoms with Crippen molar-refractivity contribution in [2.24, 2.45) is 0 Å². The van der Waals surface area contributed by atoms with Gasteiger partial charge in [-0.3, -0.25) is 15.1 Å². The van der Waals surface area contributed by atoms with Crippen molar-refractivity contribution in [1.82, 2.24) is 15.6 Å². The summed E-state index contributed by atoms with van der Waals surface area (Å²) in [6, 6.07) is 6.77. The number of pyridine rings is 1. The van der Waals surface area contributed by atoms with Crippen LogP contribution in [0, 0.1) is 0 Å². The van der Waals surface area contributed by atoms with Crippen molar-refractivity contribution >= 4 is 28.8 Å². The van der Waals surface area contributed by atoms with E-state index in [1.165, 1.54) is 6.92 Å². The number of nitrogens with one attached hydrogen (secondary N) is 2. The molecule has 1 aromatic carbocycles. The van der Waals surface area contributed by atoms with Crippen LogP contribution in [-0.4, -0.2) is 35.5 Å². The molecule has 0 unspecified atom stereocenters. The number of rotatable bonds is 7. The molecule has 28 heavy (non-hydrogen) atoms. The normalized spacial score (nSPS) is 11.7. The molecule has 7 nitrogen and oxygen atoms in total. The van der Waals surface area contributed by atoms with E-state index in [0.717, 1.165) is 29.6 Å². The van der Waals surface area contributed by atoms with Gasteiger partial charge in [0.1, 0.15) is 0 Å².